The lowest BCUT2D eigenvalue weighted by molar-refractivity contribution is -0.0269. The Labute approximate surface area is 235 Å². The highest BCUT2D eigenvalue weighted by Gasteiger charge is 2.25. The number of ether oxygens (including phenoxy) is 1. The van der Waals surface area contributed by atoms with Gasteiger partial charge in [-0.3, -0.25) is 0 Å². The monoisotopic (exact) mass is 542 g/mol. The molecule has 210 valence electrons. The van der Waals surface area contributed by atoms with Crippen LogP contribution in [0.3, 0.4) is 0 Å². The molecule has 1 fully saturated rings. The summed E-state index contributed by atoms with van der Waals surface area (Å²) in [5.74, 6) is -0.709. The van der Waals surface area contributed by atoms with Crippen LogP contribution in [0.4, 0.5) is 5.82 Å². The Morgan fingerprint density at radius 3 is 2.23 bits per heavy atom. The van der Waals surface area contributed by atoms with E-state index in [2.05, 4.69) is 94.7 Å². The van der Waals surface area contributed by atoms with Gasteiger partial charge < -0.3 is 20.1 Å². The van der Waals surface area contributed by atoms with Crippen LogP contribution < -0.4 is 5.32 Å². The maximum Gasteiger partial charge on any atom is 0.375 e. The summed E-state index contributed by atoms with van der Waals surface area (Å²) in [7, 11) is 0. The van der Waals surface area contributed by atoms with Gasteiger partial charge in [-0.15, -0.1) is 14.8 Å². The first-order valence-corrected chi connectivity index (χ1v) is 14.0. The third kappa shape index (κ3) is 6.66. The fourth-order valence-electron chi connectivity index (χ4n) is 5.20. The molecule has 0 unspecified atom stereocenters. The maximum absolute atomic E-state index is 11.3. The van der Waals surface area contributed by atoms with Gasteiger partial charge in [-0.1, -0.05) is 81.4 Å². The molecule has 1 aliphatic heterocycles. The van der Waals surface area contributed by atoms with Gasteiger partial charge in [-0.2, -0.15) is 4.98 Å². The van der Waals surface area contributed by atoms with E-state index < -0.39 is 5.97 Å². The molecule has 4 aromatic rings. The van der Waals surface area contributed by atoms with Crippen molar-refractivity contribution in [1.29, 1.82) is 0 Å². The Balaban J connectivity index is 1.14. The summed E-state index contributed by atoms with van der Waals surface area (Å²) in [6.45, 7) is 10.1. The summed E-state index contributed by atoms with van der Waals surface area (Å²) >= 11 is 0. The molecular formula is C31H38N6O3. The van der Waals surface area contributed by atoms with Crippen LogP contribution in [0.5, 0.6) is 0 Å². The third-order valence-electron chi connectivity index (χ3n) is 7.35. The number of hydrogen-bond acceptors (Lipinski definition) is 7. The number of hydrogen-bond donors (Lipinski definition) is 2. The summed E-state index contributed by atoms with van der Waals surface area (Å²) in [6, 6.07) is 22.8. The molecule has 2 aromatic heterocycles. The van der Waals surface area contributed by atoms with Crippen LogP contribution in [-0.4, -0.2) is 68.1 Å². The zero-order chi connectivity index (χ0) is 28.1. The minimum absolute atomic E-state index is 0.0541. The van der Waals surface area contributed by atoms with E-state index in [-0.39, 0.29) is 23.4 Å². The quantitative estimate of drug-likeness (QED) is 0.264. The number of aromatic nitrogens is 4. The number of carboxylic acids is 1. The summed E-state index contributed by atoms with van der Waals surface area (Å²) < 4.78 is 7.99. The van der Waals surface area contributed by atoms with E-state index in [1.54, 1.807) is 0 Å². The highest BCUT2D eigenvalue weighted by Crippen LogP contribution is 2.31. The van der Waals surface area contributed by atoms with E-state index in [0.29, 0.717) is 11.5 Å². The molecule has 0 bridgehead atoms. The lowest BCUT2D eigenvalue weighted by atomic mass is 9.87. The summed E-state index contributed by atoms with van der Waals surface area (Å²) in [6.07, 6.45) is 3.15. The number of fused-ring (bicyclic) bond motifs is 1. The lowest BCUT2D eigenvalue weighted by Gasteiger charge is -2.34. The van der Waals surface area contributed by atoms with Crippen LogP contribution in [0.15, 0.2) is 66.7 Å². The Bertz CT molecular complexity index is 1370. The average molecular weight is 543 g/mol. The van der Waals surface area contributed by atoms with Crippen LogP contribution in [0.1, 0.15) is 73.4 Å². The lowest BCUT2D eigenvalue weighted by Crippen LogP contribution is -2.38. The molecule has 5 rings (SSSR count). The molecule has 1 saturated heterocycles. The van der Waals surface area contributed by atoms with Gasteiger partial charge in [0, 0.05) is 25.2 Å². The highest BCUT2D eigenvalue weighted by molar-refractivity contribution is 5.83. The normalized spacial score (nSPS) is 15.1. The molecule has 2 aromatic carbocycles. The van der Waals surface area contributed by atoms with Gasteiger partial charge in [0.15, 0.2) is 11.5 Å². The first-order valence-electron chi connectivity index (χ1n) is 14.0. The maximum atomic E-state index is 11.3. The number of carbonyl (C=O) groups is 1. The molecule has 0 spiro atoms. The van der Waals surface area contributed by atoms with Crippen LogP contribution >= 0.6 is 0 Å². The Morgan fingerprint density at radius 2 is 1.65 bits per heavy atom. The molecule has 3 heterocycles. The van der Waals surface area contributed by atoms with Gasteiger partial charge in [-0.05, 0) is 48.4 Å². The summed E-state index contributed by atoms with van der Waals surface area (Å²) in [4.78, 5) is 17.9. The van der Waals surface area contributed by atoms with Crippen molar-refractivity contribution in [3.05, 3.63) is 89.2 Å². The number of benzene rings is 2. The van der Waals surface area contributed by atoms with Crippen molar-refractivity contribution in [2.45, 2.75) is 57.7 Å². The highest BCUT2D eigenvalue weighted by atomic mass is 16.5. The van der Waals surface area contributed by atoms with Crippen molar-refractivity contribution < 1.29 is 14.6 Å². The van der Waals surface area contributed by atoms with Crippen molar-refractivity contribution >= 4 is 17.4 Å². The van der Waals surface area contributed by atoms with E-state index in [9.17, 15) is 9.90 Å². The third-order valence-corrected chi connectivity index (χ3v) is 7.35. The minimum Gasteiger partial charge on any atom is -0.475 e. The SMILES string of the molecule is CC(C)(C)c1cc2nc(C(=O)O)nn2nc1NCCCN1CCC(OC(c2ccccc2)c2ccccc2)CC1. The van der Waals surface area contributed by atoms with Gasteiger partial charge in [0.1, 0.15) is 6.10 Å². The molecule has 9 heteroatoms. The number of carboxylic acid groups (broad SMARTS) is 1. The molecule has 9 nitrogen and oxygen atoms in total. The number of aromatic carboxylic acids is 1. The van der Waals surface area contributed by atoms with Crippen LogP contribution in [0, 0.1) is 0 Å². The Hall–Kier alpha value is -3.82. The standard InChI is InChI=1S/C31H38N6O3/c1-31(2,3)25-21-26-33-29(30(38)39)35-37(26)34-28(25)32-17-10-18-36-19-15-24(16-20-36)40-27(22-11-6-4-7-12-22)23-13-8-5-9-14-23/h4-9,11-14,21,24,27H,10,15-20H2,1-3H3,(H,32,34)(H,38,39). The van der Waals surface area contributed by atoms with E-state index in [1.807, 2.05) is 18.2 Å². The second-order valence-corrected chi connectivity index (χ2v) is 11.4. The largest absolute Gasteiger partial charge is 0.475 e. The Kier molecular flexibility index (Phi) is 8.42. The second-order valence-electron chi connectivity index (χ2n) is 11.4. The zero-order valence-corrected chi connectivity index (χ0v) is 23.5. The second kappa shape index (κ2) is 12.1. The van der Waals surface area contributed by atoms with Crippen LogP contribution in [0.25, 0.3) is 5.65 Å². The number of nitrogens with one attached hydrogen (secondary N) is 1. The minimum atomic E-state index is -1.16. The number of anilines is 1. The number of piperidine rings is 1. The first kappa shape index (κ1) is 27.7. The predicted octanol–water partition coefficient (Wildman–Crippen LogP) is 5.19. The summed E-state index contributed by atoms with van der Waals surface area (Å²) in [5, 5.41) is 21.3. The van der Waals surface area contributed by atoms with Crippen molar-refractivity contribution in [2.24, 2.45) is 0 Å². The smallest absolute Gasteiger partial charge is 0.375 e. The van der Waals surface area contributed by atoms with Gasteiger partial charge in [0.25, 0.3) is 5.82 Å². The first-order chi connectivity index (χ1) is 19.3. The predicted molar refractivity (Wildman–Crippen MR) is 155 cm³/mol. The molecule has 0 amide bonds. The van der Waals surface area contributed by atoms with Gasteiger partial charge in [0.2, 0.25) is 0 Å². The molecular weight excluding hydrogens is 504 g/mol. The van der Waals surface area contributed by atoms with E-state index in [4.69, 9.17) is 4.74 Å². The molecule has 40 heavy (non-hydrogen) atoms. The van der Waals surface area contributed by atoms with E-state index >= 15 is 0 Å². The van der Waals surface area contributed by atoms with Crippen molar-refractivity contribution in [1.82, 2.24) is 24.7 Å². The molecule has 1 aliphatic rings. The van der Waals surface area contributed by atoms with Gasteiger partial charge in [0.05, 0.1) is 6.10 Å². The molecule has 0 aliphatic carbocycles. The zero-order valence-electron chi connectivity index (χ0n) is 23.5. The van der Waals surface area contributed by atoms with E-state index in [1.165, 1.54) is 15.8 Å². The van der Waals surface area contributed by atoms with E-state index in [0.717, 1.165) is 51.0 Å². The molecule has 0 atom stereocenters. The summed E-state index contributed by atoms with van der Waals surface area (Å²) in [5.41, 5.74) is 3.60. The topological polar surface area (TPSA) is 105 Å². The Morgan fingerprint density at radius 1 is 1.02 bits per heavy atom. The van der Waals surface area contributed by atoms with Gasteiger partial charge in [-0.25, -0.2) is 4.79 Å². The van der Waals surface area contributed by atoms with Gasteiger partial charge >= 0.3 is 5.97 Å². The number of likely N-dealkylation sites (tertiary alicyclic amines) is 1. The fourth-order valence-corrected chi connectivity index (χ4v) is 5.20. The fraction of sp³-hybridized carbons (Fsp3) is 0.419. The molecule has 0 saturated carbocycles. The van der Waals surface area contributed by atoms with Crippen molar-refractivity contribution in [2.75, 3.05) is 31.5 Å². The average Bonchev–Trinajstić information content (AvgIpc) is 3.38. The van der Waals surface area contributed by atoms with Crippen molar-refractivity contribution in [3.8, 4) is 0 Å². The number of nitrogens with zero attached hydrogens (tertiary/aromatic N) is 5. The molecule has 2 N–H and O–H groups in total. The van der Waals surface area contributed by atoms with Crippen LogP contribution in [0.2, 0.25) is 0 Å². The molecule has 0 radical (unpaired) electrons. The van der Waals surface area contributed by atoms with Crippen LogP contribution in [-0.2, 0) is 10.2 Å². The van der Waals surface area contributed by atoms with Crippen molar-refractivity contribution in [3.63, 3.8) is 0 Å². The number of rotatable bonds is 10.